The van der Waals surface area contributed by atoms with E-state index in [4.69, 9.17) is 11.6 Å². The lowest BCUT2D eigenvalue weighted by atomic mass is 9.85. The standard InChI is InChI=1S/C33H33ClF3N11O4/c34-22-13-39-23(12-26(22)47-6-5-29(49)43-32(47)52)31(51)46-9-7-45(8-10-46)17-19-1-3-21(4-2-19)48-18-20-11-28(40-15-24(20)44-48)42-30(50)25-14-38-16-27(41-25)33(35,36)37/h11-16,18-19,21H,1-10,17H2,(H,42,50)(H,43,49,52). The molecule has 0 aromatic carbocycles. The van der Waals surface area contributed by atoms with Crippen molar-refractivity contribution >= 4 is 57.8 Å². The first-order chi connectivity index (χ1) is 24.9. The maximum absolute atomic E-state index is 13.3. The van der Waals surface area contributed by atoms with E-state index in [1.807, 2.05) is 10.9 Å². The van der Waals surface area contributed by atoms with Crippen LogP contribution in [0.25, 0.3) is 10.9 Å². The van der Waals surface area contributed by atoms with E-state index in [0.29, 0.717) is 36.4 Å². The van der Waals surface area contributed by atoms with Gasteiger partial charge in [-0.25, -0.2) is 19.7 Å². The number of anilines is 2. The number of carbonyl (C=O) groups excluding carboxylic acids is 4. The van der Waals surface area contributed by atoms with Crippen LogP contribution < -0.4 is 15.5 Å². The van der Waals surface area contributed by atoms with Crippen LogP contribution in [0.3, 0.4) is 0 Å². The van der Waals surface area contributed by atoms with Crippen molar-refractivity contribution in [2.45, 2.75) is 44.3 Å². The first kappa shape index (κ1) is 35.2. The highest BCUT2D eigenvalue weighted by Gasteiger charge is 2.34. The molecular formula is C33H33ClF3N11O4. The molecule has 3 fully saturated rings. The number of amides is 5. The van der Waals surface area contributed by atoms with Crippen molar-refractivity contribution in [3.8, 4) is 0 Å². The van der Waals surface area contributed by atoms with Crippen LogP contribution in [0.4, 0.5) is 29.5 Å². The van der Waals surface area contributed by atoms with Crippen molar-refractivity contribution in [2.24, 2.45) is 5.92 Å². The number of carbonyl (C=O) groups is 4. The fraction of sp³-hybridized carbons (Fsp3) is 0.424. The maximum atomic E-state index is 13.3. The van der Waals surface area contributed by atoms with Gasteiger partial charge in [0, 0.05) is 63.5 Å². The number of nitrogens with one attached hydrogen (secondary N) is 2. The smallest absolute Gasteiger partial charge is 0.335 e. The van der Waals surface area contributed by atoms with Crippen LogP contribution >= 0.6 is 11.6 Å². The number of imide groups is 1. The summed E-state index contributed by atoms with van der Waals surface area (Å²) in [5, 5.41) is 10.4. The molecule has 19 heteroatoms. The van der Waals surface area contributed by atoms with Gasteiger partial charge in [0.05, 0.1) is 35.3 Å². The Labute approximate surface area is 299 Å². The predicted molar refractivity (Wildman–Crippen MR) is 181 cm³/mol. The molecule has 272 valence electrons. The SMILES string of the molecule is O=C1CCN(c2cc(C(=O)N3CCN(CC4CCC(n5cc6cc(NC(=O)c7cncc(C(F)(F)F)n7)ncc6n5)CC4)CC3)ncc2Cl)C(=O)N1. The Morgan fingerprint density at radius 3 is 2.44 bits per heavy atom. The van der Waals surface area contributed by atoms with Crippen molar-refractivity contribution < 1.29 is 32.3 Å². The van der Waals surface area contributed by atoms with Gasteiger partial charge in [-0.3, -0.25) is 39.2 Å². The number of nitrogens with zero attached hydrogens (tertiary/aromatic N) is 9. The highest BCUT2D eigenvalue weighted by atomic mass is 35.5. The van der Waals surface area contributed by atoms with Gasteiger partial charge in [-0.05, 0) is 43.7 Å². The minimum Gasteiger partial charge on any atom is -0.335 e. The van der Waals surface area contributed by atoms with Gasteiger partial charge in [-0.1, -0.05) is 11.6 Å². The summed E-state index contributed by atoms with van der Waals surface area (Å²) in [6.45, 7) is 3.60. The molecule has 4 aromatic rings. The molecule has 15 nitrogen and oxygen atoms in total. The lowest BCUT2D eigenvalue weighted by Crippen LogP contribution is -2.50. The molecule has 6 heterocycles. The third kappa shape index (κ3) is 7.67. The van der Waals surface area contributed by atoms with Gasteiger partial charge in [0.25, 0.3) is 11.8 Å². The van der Waals surface area contributed by atoms with E-state index in [-0.39, 0.29) is 47.4 Å². The number of fused-ring (bicyclic) bond motifs is 1. The number of hydrogen-bond acceptors (Lipinski definition) is 10. The van der Waals surface area contributed by atoms with Crippen LogP contribution in [0.5, 0.6) is 0 Å². The van der Waals surface area contributed by atoms with Gasteiger partial charge < -0.3 is 10.2 Å². The fourth-order valence-electron chi connectivity index (χ4n) is 6.79. The van der Waals surface area contributed by atoms with Gasteiger partial charge in [-0.2, -0.15) is 18.3 Å². The quantitative estimate of drug-likeness (QED) is 0.280. The number of hydrogen-bond donors (Lipinski definition) is 2. The van der Waals surface area contributed by atoms with Crippen LogP contribution in [-0.4, -0.2) is 103 Å². The van der Waals surface area contributed by atoms with Crippen LogP contribution in [0.1, 0.15) is 64.8 Å². The minimum atomic E-state index is -4.72. The number of aromatic nitrogens is 6. The van der Waals surface area contributed by atoms with Crippen molar-refractivity contribution in [1.82, 2.24) is 44.8 Å². The second-order valence-electron chi connectivity index (χ2n) is 13.0. The van der Waals surface area contributed by atoms with Crippen LogP contribution in [0, 0.1) is 5.92 Å². The van der Waals surface area contributed by atoms with Crippen LogP contribution in [0.2, 0.25) is 5.02 Å². The van der Waals surface area contributed by atoms with Gasteiger partial charge in [0.1, 0.15) is 22.7 Å². The summed E-state index contributed by atoms with van der Waals surface area (Å²) in [6, 6.07) is 2.72. The van der Waals surface area contributed by atoms with Gasteiger partial charge in [0.15, 0.2) is 5.69 Å². The van der Waals surface area contributed by atoms with E-state index >= 15 is 0 Å². The largest absolute Gasteiger partial charge is 0.434 e. The number of halogens is 4. The van der Waals surface area contributed by atoms with Gasteiger partial charge in [0.2, 0.25) is 5.91 Å². The van der Waals surface area contributed by atoms with E-state index in [2.05, 4.69) is 40.6 Å². The molecule has 52 heavy (non-hydrogen) atoms. The second kappa shape index (κ2) is 14.4. The zero-order valence-electron chi connectivity index (χ0n) is 27.6. The highest BCUT2D eigenvalue weighted by Crippen LogP contribution is 2.34. The zero-order chi connectivity index (χ0) is 36.6. The number of pyridine rings is 2. The normalized spacial score (nSPS) is 20.2. The molecule has 5 amide bonds. The summed E-state index contributed by atoms with van der Waals surface area (Å²) in [5.74, 6) is -0.816. The second-order valence-corrected chi connectivity index (χ2v) is 13.4. The maximum Gasteiger partial charge on any atom is 0.434 e. The first-order valence-corrected chi connectivity index (χ1v) is 17.1. The monoisotopic (exact) mass is 739 g/mol. The summed E-state index contributed by atoms with van der Waals surface area (Å²) in [5.41, 5.74) is -0.588. The zero-order valence-corrected chi connectivity index (χ0v) is 28.4. The molecule has 0 unspecified atom stereocenters. The minimum absolute atomic E-state index is 0.134. The summed E-state index contributed by atoms with van der Waals surface area (Å²) in [7, 11) is 0. The third-order valence-electron chi connectivity index (χ3n) is 9.57. The molecular weight excluding hydrogens is 707 g/mol. The average molecular weight is 740 g/mol. The topological polar surface area (TPSA) is 171 Å². The molecule has 0 atom stereocenters. The van der Waals surface area contributed by atoms with Gasteiger partial charge >= 0.3 is 12.2 Å². The Morgan fingerprint density at radius 2 is 1.71 bits per heavy atom. The number of rotatable bonds is 7. The number of piperazine rings is 1. The first-order valence-electron chi connectivity index (χ1n) is 16.8. The molecule has 2 saturated heterocycles. The number of alkyl halides is 3. The van der Waals surface area contributed by atoms with E-state index in [1.54, 1.807) is 11.0 Å². The Bertz CT molecular complexity index is 2030. The molecule has 0 bridgehead atoms. The molecule has 4 aromatic heterocycles. The molecule has 0 spiro atoms. The van der Waals surface area contributed by atoms with Crippen molar-refractivity contribution in [1.29, 1.82) is 0 Å². The fourth-order valence-corrected chi connectivity index (χ4v) is 7.00. The highest BCUT2D eigenvalue weighted by molar-refractivity contribution is 6.34. The lowest BCUT2D eigenvalue weighted by Gasteiger charge is -2.38. The molecule has 2 aliphatic heterocycles. The summed E-state index contributed by atoms with van der Waals surface area (Å²) in [4.78, 5) is 70.5. The predicted octanol–water partition coefficient (Wildman–Crippen LogP) is 4.18. The molecule has 7 rings (SSSR count). The van der Waals surface area contributed by atoms with Gasteiger partial charge in [-0.15, -0.1) is 0 Å². The van der Waals surface area contributed by atoms with Crippen LogP contribution in [0.15, 0.2) is 43.1 Å². The molecule has 1 aliphatic carbocycles. The van der Waals surface area contributed by atoms with E-state index in [9.17, 15) is 32.3 Å². The molecule has 1 saturated carbocycles. The number of urea groups is 1. The Morgan fingerprint density at radius 1 is 0.942 bits per heavy atom. The van der Waals surface area contributed by atoms with E-state index in [1.165, 1.54) is 23.4 Å². The Hall–Kier alpha value is -5.23. The van der Waals surface area contributed by atoms with Crippen molar-refractivity contribution in [2.75, 3.05) is 49.5 Å². The van der Waals surface area contributed by atoms with E-state index in [0.717, 1.165) is 56.9 Å². The molecule has 2 N–H and O–H groups in total. The Balaban J connectivity index is 0.889. The van der Waals surface area contributed by atoms with Crippen molar-refractivity contribution in [3.05, 3.63) is 65.2 Å². The van der Waals surface area contributed by atoms with Crippen LogP contribution in [-0.2, 0) is 11.0 Å². The molecule has 3 aliphatic rings. The summed E-state index contributed by atoms with van der Waals surface area (Å²) >= 11 is 6.30. The Kier molecular flexibility index (Phi) is 9.76. The summed E-state index contributed by atoms with van der Waals surface area (Å²) < 4.78 is 40.9. The average Bonchev–Trinajstić information content (AvgIpc) is 3.56. The summed E-state index contributed by atoms with van der Waals surface area (Å²) in [6.07, 6.45) is 5.53. The van der Waals surface area contributed by atoms with E-state index < -0.39 is 29.5 Å². The molecule has 0 radical (unpaired) electrons. The lowest BCUT2D eigenvalue weighted by molar-refractivity contribution is -0.141. The van der Waals surface area contributed by atoms with Crippen molar-refractivity contribution in [3.63, 3.8) is 0 Å². The third-order valence-corrected chi connectivity index (χ3v) is 9.86.